The summed E-state index contributed by atoms with van der Waals surface area (Å²) in [6.07, 6.45) is 9.59. The molecule has 1 saturated heterocycles. The van der Waals surface area contributed by atoms with Crippen LogP contribution in [0.2, 0.25) is 0 Å². The lowest BCUT2D eigenvalue weighted by atomic mass is 9.83. The summed E-state index contributed by atoms with van der Waals surface area (Å²) in [6, 6.07) is 0. The summed E-state index contributed by atoms with van der Waals surface area (Å²) in [4.78, 5) is 64.4. The minimum absolute atomic E-state index is 0.00529. The molecular formula is C37H62BrN4O14P. The Balaban J connectivity index is 1.34. The van der Waals surface area contributed by atoms with Crippen LogP contribution in [-0.2, 0) is 68.3 Å². The highest BCUT2D eigenvalue weighted by Crippen LogP contribution is 2.36. The molecule has 1 aliphatic heterocycles. The van der Waals surface area contributed by atoms with Gasteiger partial charge in [0.05, 0.1) is 90.0 Å². The second kappa shape index (κ2) is 29.4. The summed E-state index contributed by atoms with van der Waals surface area (Å²) in [6.45, 7) is 10.6. The number of nitrogens with zero attached hydrogens (tertiary/aromatic N) is 4. The molecule has 2 rings (SSSR count). The third-order valence-electron chi connectivity index (χ3n) is 8.40. The molecule has 1 aliphatic rings. The van der Waals surface area contributed by atoms with Gasteiger partial charge in [-0.2, -0.15) is 0 Å². The van der Waals surface area contributed by atoms with E-state index in [0.29, 0.717) is 66.6 Å². The zero-order valence-electron chi connectivity index (χ0n) is 33.9. The quantitative estimate of drug-likeness (QED) is 0.0232. The van der Waals surface area contributed by atoms with Gasteiger partial charge in [-0.25, -0.2) is 9.25 Å². The third kappa shape index (κ3) is 22.8. The molecule has 0 N–H and O–H groups in total. The predicted molar refractivity (Wildman–Crippen MR) is 211 cm³/mol. The highest BCUT2D eigenvalue weighted by molar-refractivity contribution is 9.10. The summed E-state index contributed by atoms with van der Waals surface area (Å²) in [7, 11) is 0.610. The van der Waals surface area contributed by atoms with Gasteiger partial charge in [0.25, 0.3) is 11.8 Å². The molecule has 0 bridgehead atoms. The maximum atomic E-state index is 12.8. The van der Waals surface area contributed by atoms with Crippen molar-refractivity contribution in [1.29, 1.82) is 0 Å². The molecule has 0 radical (unpaired) electrons. The topological polar surface area (TPSA) is 202 Å². The second-order valence-corrected chi connectivity index (χ2v) is 16.6. The zero-order chi connectivity index (χ0) is 41.8. The van der Waals surface area contributed by atoms with Crippen molar-refractivity contribution in [2.75, 3.05) is 92.6 Å². The molecular weight excluding hydrogens is 835 g/mol. The number of carbonyl (C=O) groups is 5. The normalized spacial score (nSPS) is 14.4. The number of hydroxylamine groups is 2. The summed E-state index contributed by atoms with van der Waals surface area (Å²) < 4.78 is 43.5. The molecule has 1 fully saturated rings. The number of rotatable bonds is 34. The van der Waals surface area contributed by atoms with E-state index in [9.17, 15) is 24.0 Å². The first-order valence-electron chi connectivity index (χ1n) is 19.6. The lowest BCUT2D eigenvalue weighted by Crippen LogP contribution is -2.40. The van der Waals surface area contributed by atoms with Crippen LogP contribution in [0.15, 0.2) is 6.20 Å². The maximum absolute atomic E-state index is 12.8. The van der Waals surface area contributed by atoms with E-state index in [0.717, 1.165) is 44.2 Å². The van der Waals surface area contributed by atoms with Gasteiger partial charge < -0.3 is 37.9 Å². The summed E-state index contributed by atoms with van der Waals surface area (Å²) in [5.41, 5.74) is 0.173. The summed E-state index contributed by atoms with van der Waals surface area (Å²) in [5, 5.41) is 8.68. The second-order valence-electron chi connectivity index (χ2n) is 14.0. The van der Waals surface area contributed by atoms with Crippen LogP contribution in [-0.4, -0.2) is 147 Å². The molecule has 20 heteroatoms. The Morgan fingerprint density at radius 2 is 1.12 bits per heavy atom. The van der Waals surface area contributed by atoms with Crippen LogP contribution in [0.5, 0.6) is 0 Å². The van der Waals surface area contributed by atoms with Crippen molar-refractivity contribution >= 4 is 54.6 Å². The first-order valence-corrected chi connectivity index (χ1v) is 21.8. The number of amides is 2. The molecule has 18 nitrogen and oxygen atoms in total. The Labute approximate surface area is 345 Å². The average Bonchev–Trinajstić information content (AvgIpc) is 3.77. The SMILES string of the molecule is CPn1cc(CCCCCCCCCOC(=O)C(C)(C)CC(C)(Br)C(=O)OCCOCCOCCOCCOCCOCCOC(=O)ON2C(=O)CCC2=O)nn1. The Morgan fingerprint density at radius 3 is 1.63 bits per heavy atom. The average molecular weight is 898 g/mol. The fraction of sp³-hybridized carbons (Fsp3) is 0.811. The molecule has 2 atom stereocenters. The largest absolute Gasteiger partial charge is 0.534 e. The number of hydrogen-bond donors (Lipinski definition) is 0. The van der Waals surface area contributed by atoms with Crippen molar-refractivity contribution in [1.82, 2.24) is 19.8 Å². The van der Waals surface area contributed by atoms with Crippen molar-refractivity contribution in [3.8, 4) is 0 Å². The Bertz CT molecular complexity index is 1320. The van der Waals surface area contributed by atoms with Gasteiger partial charge in [0, 0.05) is 21.6 Å². The molecule has 1 aromatic rings. The van der Waals surface area contributed by atoms with Gasteiger partial charge in [-0.3, -0.25) is 24.0 Å². The molecule has 2 unspecified atom stereocenters. The molecule has 0 saturated carbocycles. The Morgan fingerprint density at radius 1 is 0.667 bits per heavy atom. The van der Waals surface area contributed by atoms with Crippen molar-refractivity contribution in [2.24, 2.45) is 5.41 Å². The fourth-order valence-electron chi connectivity index (χ4n) is 5.42. The number of imide groups is 1. The van der Waals surface area contributed by atoms with Crippen molar-refractivity contribution in [2.45, 2.75) is 95.7 Å². The lowest BCUT2D eigenvalue weighted by molar-refractivity contribution is -0.177. The Kier molecular flexibility index (Phi) is 26.0. The van der Waals surface area contributed by atoms with E-state index in [1.165, 1.54) is 12.8 Å². The fourth-order valence-corrected chi connectivity index (χ4v) is 6.64. The number of unbranched alkanes of at least 4 members (excludes halogenated alkanes) is 6. The number of alkyl halides is 1. The zero-order valence-corrected chi connectivity index (χ0v) is 36.5. The van der Waals surface area contributed by atoms with Crippen molar-refractivity contribution in [3.05, 3.63) is 11.9 Å². The number of aromatic nitrogens is 3. The van der Waals surface area contributed by atoms with Crippen molar-refractivity contribution < 1.29 is 66.7 Å². The van der Waals surface area contributed by atoms with E-state index in [2.05, 4.69) is 37.7 Å². The molecule has 0 aliphatic carbocycles. The van der Waals surface area contributed by atoms with E-state index in [-0.39, 0.29) is 58.3 Å². The van der Waals surface area contributed by atoms with Crippen LogP contribution in [0.25, 0.3) is 0 Å². The number of aryl methyl sites for hydroxylation is 1. The van der Waals surface area contributed by atoms with Gasteiger partial charge in [0.15, 0.2) is 0 Å². The summed E-state index contributed by atoms with van der Waals surface area (Å²) in [5.74, 6) is -1.99. The monoisotopic (exact) mass is 896 g/mol. The molecule has 2 heterocycles. The van der Waals surface area contributed by atoms with Crippen molar-refractivity contribution in [3.63, 3.8) is 0 Å². The van der Waals surface area contributed by atoms with E-state index in [4.69, 9.17) is 37.9 Å². The van der Waals surface area contributed by atoms with Crippen LogP contribution in [0.4, 0.5) is 4.79 Å². The van der Waals surface area contributed by atoms with Gasteiger partial charge in [-0.15, -0.1) is 5.10 Å². The number of hydrogen-bond acceptors (Lipinski definition) is 16. The lowest BCUT2D eigenvalue weighted by Gasteiger charge is -2.30. The molecule has 57 heavy (non-hydrogen) atoms. The van der Waals surface area contributed by atoms with Crippen LogP contribution in [0.1, 0.15) is 90.7 Å². The first kappa shape index (κ1) is 50.3. The standard InChI is InChI=1S/C37H62BrN4O14P/c1-36(2,33(45)53-15-11-9-7-5-6-8-10-12-30-28-41(57-4)40-39-30)29-37(3,38)34(46)54-26-24-51-22-20-49-18-16-48-17-19-50-21-23-52-25-27-55-35(47)56-42-31(43)13-14-32(42)44/h28,57H,5-27,29H2,1-4H3. The Hall–Kier alpha value is -2.80. The van der Waals surface area contributed by atoms with E-state index >= 15 is 0 Å². The van der Waals surface area contributed by atoms with Gasteiger partial charge in [-0.1, -0.05) is 58.3 Å². The van der Waals surface area contributed by atoms with E-state index in [1.54, 1.807) is 20.8 Å². The van der Waals surface area contributed by atoms with Crippen LogP contribution >= 0.6 is 24.7 Å². The minimum Gasteiger partial charge on any atom is -0.465 e. The van der Waals surface area contributed by atoms with E-state index in [1.807, 2.05) is 10.6 Å². The van der Waals surface area contributed by atoms with Crippen LogP contribution < -0.4 is 0 Å². The van der Waals surface area contributed by atoms with Gasteiger partial charge >= 0.3 is 18.1 Å². The number of carbonyl (C=O) groups excluding carboxylic acids is 5. The highest BCUT2D eigenvalue weighted by atomic mass is 79.9. The number of halogens is 1. The molecule has 0 spiro atoms. The van der Waals surface area contributed by atoms with Crippen LogP contribution in [0.3, 0.4) is 0 Å². The summed E-state index contributed by atoms with van der Waals surface area (Å²) >= 11 is 3.46. The highest BCUT2D eigenvalue weighted by Gasteiger charge is 2.42. The molecule has 2 amide bonds. The minimum atomic E-state index is -1.15. The predicted octanol–water partition coefficient (Wildman–Crippen LogP) is 4.58. The number of esters is 2. The first-order chi connectivity index (χ1) is 27.4. The third-order valence-corrected chi connectivity index (χ3v) is 9.68. The van der Waals surface area contributed by atoms with Gasteiger partial charge in [0.1, 0.15) is 17.5 Å². The van der Waals surface area contributed by atoms with E-state index < -0.39 is 33.7 Å². The molecule has 326 valence electrons. The van der Waals surface area contributed by atoms with Gasteiger partial charge in [0.2, 0.25) is 0 Å². The smallest absolute Gasteiger partial charge is 0.465 e. The van der Waals surface area contributed by atoms with Gasteiger partial charge in [-0.05, 0) is 53.1 Å². The number of ether oxygens (including phenoxy) is 8. The maximum Gasteiger partial charge on any atom is 0.534 e. The molecule has 1 aromatic heterocycles. The van der Waals surface area contributed by atoms with Crippen LogP contribution in [0, 0.1) is 5.41 Å². The molecule has 0 aromatic carbocycles.